The molecule has 0 radical (unpaired) electrons. The number of ether oxygens (including phenoxy) is 1. The Labute approximate surface area is 125 Å². The van der Waals surface area contributed by atoms with Crippen LogP contribution in [0.3, 0.4) is 0 Å². The summed E-state index contributed by atoms with van der Waals surface area (Å²) in [5, 5.41) is 11.6. The number of esters is 1. The molecular formula is C14H26N2O5. The highest BCUT2D eigenvalue weighted by Crippen LogP contribution is 2.05. The standard InChI is InChI=1S/C14H26N2O5/c1-5-7-8-11(13(18)19)15-14(20)16(10(3)4)9-12(17)21-6-2/h10-11H,5-9H2,1-4H3,(H,15,20)(H,18,19). The van der Waals surface area contributed by atoms with Crippen molar-refractivity contribution in [1.29, 1.82) is 0 Å². The maximum Gasteiger partial charge on any atom is 0.326 e. The number of aliphatic carboxylic acids is 1. The number of hydrogen-bond acceptors (Lipinski definition) is 4. The summed E-state index contributed by atoms with van der Waals surface area (Å²) in [6.07, 6.45) is 1.91. The zero-order valence-corrected chi connectivity index (χ0v) is 13.2. The molecule has 7 nitrogen and oxygen atoms in total. The molecule has 0 aromatic carbocycles. The van der Waals surface area contributed by atoms with Gasteiger partial charge >= 0.3 is 18.0 Å². The number of nitrogens with one attached hydrogen (secondary N) is 1. The smallest absolute Gasteiger partial charge is 0.326 e. The van der Waals surface area contributed by atoms with Crippen LogP contribution in [-0.2, 0) is 14.3 Å². The Morgan fingerprint density at radius 2 is 1.86 bits per heavy atom. The highest BCUT2D eigenvalue weighted by atomic mass is 16.5. The number of urea groups is 1. The van der Waals surface area contributed by atoms with Crippen molar-refractivity contribution in [3.05, 3.63) is 0 Å². The van der Waals surface area contributed by atoms with E-state index in [1.807, 2.05) is 6.92 Å². The fourth-order valence-corrected chi connectivity index (χ4v) is 1.73. The first kappa shape index (κ1) is 19.2. The molecule has 0 aromatic heterocycles. The fraction of sp³-hybridized carbons (Fsp3) is 0.786. The van der Waals surface area contributed by atoms with Gasteiger partial charge < -0.3 is 20.1 Å². The minimum Gasteiger partial charge on any atom is -0.480 e. The number of rotatable bonds is 9. The summed E-state index contributed by atoms with van der Waals surface area (Å²) in [5.74, 6) is -1.58. The Bertz CT molecular complexity index is 357. The molecule has 1 unspecified atom stereocenters. The lowest BCUT2D eigenvalue weighted by atomic mass is 10.1. The Morgan fingerprint density at radius 1 is 1.24 bits per heavy atom. The molecule has 0 saturated heterocycles. The van der Waals surface area contributed by atoms with Crippen molar-refractivity contribution in [2.45, 2.75) is 59.0 Å². The summed E-state index contributed by atoms with van der Waals surface area (Å²) in [7, 11) is 0. The van der Waals surface area contributed by atoms with Crippen LogP contribution in [0.1, 0.15) is 47.0 Å². The van der Waals surface area contributed by atoms with Crippen LogP contribution in [0.2, 0.25) is 0 Å². The Morgan fingerprint density at radius 3 is 2.29 bits per heavy atom. The van der Waals surface area contributed by atoms with Gasteiger partial charge in [0.1, 0.15) is 12.6 Å². The van der Waals surface area contributed by atoms with Gasteiger partial charge in [0.15, 0.2) is 0 Å². The Kier molecular flexibility index (Phi) is 9.16. The van der Waals surface area contributed by atoms with E-state index >= 15 is 0 Å². The molecule has 0 fully saturated rings. The molecule has 7 heteroatoms. The number of carboxylic acid groups (broad SMARTS) is 1. The van der Waals surface area contributed by atoms with E-state index in [1.54, 1.807) is 20.8 Å². The molecule has 0 spiro atoms. The summed E-state index contributed by atoms with van der Waals surface area (Å²) < 4.78 is 4.81. The van der Waals surface area contributed by atoms with Crippen LogP contribution >= 0.6 is 0 Å². The number of amides is 2. The third kappa shape index (κ3) is 7.53. The number of hydrogen-bond donors (Lipinski definition) is 2. The number of carbonyl (C=O) groups is 3. The first-order valence-electron chi connectivity index (χ1n) is 7.28. The van der Waals surface area contributed by atoms with E-state index in [9.17, 15) is 14.4 Å². The molecule has 0 bridgehead atoms. The van der Waals surface area contributed by atoms with Gasteiger partial charge in [-0.15, -0.1) is 0 Å². The second-order valence-corrected chi connectivity index (χ2v) is 5.01. The minimum atomic E-state index is -1.07. The molecule has 1 atom stereocenters. The number of carbonyl (C=O) groups excluding carboxylic acids is 2. The van der Waals surface area contributed by atoms with Crippen molar-refractivity contribution in [1.82, 2.24) is 10.2 Å². The van der Waals surface area contributed by atoms with Gasteiger partial charge in [-0.3, -0.25) is 4.79 Å². The van der Waals surface area contributed by atoms with Gasteiger partial charge in [0.2, 0.25) is 0 Å². The lowest BCUT2D eigenvalue weighted by molar-refractivity contribution is -0.144. The number of nitrogens with zero attached hydrogens (tertiary/aromatic N) is 1. The highest BCUT2D eigenvalue weighted by Gasteiger charge is 2.25. The van der Waals surface area contributed by atoms with Crippen LogP contribution in [0.4, 0.5) is 4.79 Å². The molecule has 2 amide bonds. The first-order chi connectivity index (χ1) is 9.83. The van der Waals surface area contributed by atoms with E-state index in [0.717, 1.165) is 6.42 Å². The quantitative estimate of drug-likeness (QED) is 0.631. The lowest BCUT2D eigenvalue weighted by Gasteiger charge is -2.27. The zero-order valence-electron chi connectivity index (χ0n) is 13.2. The van der Waals surface area contributed by atoms with Gasteiger partial charge in [-0.1, -0.05) is 19.8 Å². The molecule has 122 valence electrons. The van der Waals surface area contributed by atoms with Crippen LogP contribution < -0.4 is 5.32 Å². The van der Waals surface area contributed by atoms with E-state index in [-0.39, 0.29) is 19.2 Å². The van der Waals surface area contributed by atoms with Crippen LogP contribution in [-0.4, -0.2) is 53.2 Å². The summed E-state index contributed by atoms with van der Waals surface area (Å²) in [6, 6.07) is -1.75. The van der Waals surface area contributed by atoms with Crippen LogP contribution in [0, 0.1) is 0 Å². The van der Waals surface area contributed by atoms with Gasteiger partial charge in [0.25, 0.3) is 0 Å². The summed E-state index contributed by atoms with van der Waals surface area (Å²) in [4.78, 5) is 36.0. The molecule has 0 aromatic rings. The maximum absolute atomic E-state index is 12.1. The van der Waals surface area contributed by atoms with Crippen molar-refractivity contribution >= 4 is 18.0 Å². The van der Waals surface area contributed by atoms with Gasteiger partial charge in [0.05, 0.1) is 6.61 Å². The van der Waals surface area contributed by atoms with Gasteiger partial charge in [-0.2, -0.15) is 0 Å². The normalized spacial score (nSPS) is 11.9. The first-order valence-corrected chi connectivity index (χ1v) is 7.28. The van der Waals surface area contributed by atoms with Crippen molar-refractivity contribution in [2.24, 2.45) is 0 Å². The molecule has 21 heavy (non-hydrogen) atoms. The van der Waals surface area contributed by atoms with Crippen LogP contribution in [0.5, 0.6) is 0 Å². The second kappa shape index (κ2) is 10.0. The minimum absolute atomic E-state index is 0.197. The Hall–Kier alpha value is -1.79. The molecule has 0 rings (SSSR count). The van der Waals surface area contributed by atoms with Crippen LogP contribution in [0.15, 0.2) is 0 Å². The average molecular weight is 302 g/mol. The van der Waals surface area contributed by atoms with E-state index in [1.165, 1.54) is 4.90 Å². The van der Waals surface area contributed by atoms with E-state index in [2.05, 4.69) is 5.32 Å². The predicted octanol–water partition coefficient (Wildman–Crippen LogP) is 1.61. The largest absolute Gasteiger partial charge is 0.480 e. The van der Waals surface area contributed by atoms with Crippen molar-refractivity contribution < 1.29 is 24.2 Å². The fourth-order valence-electron chi connectivity index (χ4n) is 1.73. The molecule has 2 N–H and O–H groups in total. The topological polar surface area (TPSA) is 95.9 Å². The third-order valence-corrected chi connectivity index (χ3v) is 2.93. The number of carboxylic acids is 1. The van der Waals surface area contributed by atoms with Crippen molar-refractivity contribution in [2.75, 3.05) is 13.2 Å². The zero-order chi connectivity index (χ0) is 16.4. The second-order valence-electron chi connectivity index (χ2n) is 5.01. The van der Waals surface area contributed by atoms with Crippen molar-refractivity contribution in [3.63, 3.8) is 0 Å². The lowest BCUT2D eigenvalue weighted by Crippen LogP contribution is -2.51. The third-order valence-electron chi connectivity index (χ3n) is 2.93. The van der Waals surface area contributed by atoms with Crippen LogP contribution in [0.25, 0.3) is 0 Å². The van der Waals surface area contributed by atoms with Gasteiger partial charge in [0, 0.05) is 6.04 Å². The Balaban J connectivity index is 4.71. The predicted molar refractivity (Wildman–Crippen MR) is 78.0 cm³/mol. The van der Waals surface area contributed by atoms with Crippen molar-refractivity contribution in [3.8, 4) is 0 Å². The van der Waals surface area contributed by atoms with Gasteiger partial charge in [-0.05, 0) is 27.2 Å². The van der Waals surface area contributed by atoms with E-state index in [4.69, 9.17) is 9.84 Å². The molecule has 0 heterocycles. The summed E-state index contributed by atoms with van der Waals surface area (Å²) in [6.45, 7) is 7.17. The monoisotopic (exact) mass is 302 g/mol. The molecular weight excluding hydrogens is 276 g/mol. The maximum atomic E-state index is 12.1. The van der Waals surface area contributed by atoms with E-state index in [0.29, 0.717) is 12.8 Å². The SMILES string of the molecule is CCCCC(NC(=O)N(CC(=O)OCC)C(C)C)C(=O)O. The van der Waals surface area contributed by atoms with Gasteiger partial charge in [-0.25, -0.2) is 9.59 Å². The average Bonchev–Trinajstić information content (AvgIpc) is 2.40. The molecule has 0 saturated carbocycles. The number of unbranched alkanes of at least 4 members (excludes halogenated alkanes) is 1. The highest BCUT2D eigenvalue weighted by molar-refractivity contribution is 5.85. The molecule has 0 aliphatic heterocycles. The molecule has 0 aliphatic rings. The molecule has 0 aliphatic carbocycles. The summed E-state index contributed by atoms with van der Waals surface area (Å²) >= 11 is 0. The van der Waals surface area contributed by atoms with E-state index < -0.39 is 24.0 Å². The summed E-state index contributed by atoms with van der Waals surface area (Å²) in [5.41, 5.74) is 0.